The zero-order chi connectivity index (χ0) is 21.3. The minimum Gasteiger partial charge on any atom is -0.434 e. The predicted octanol–water partition coefficient (Wildman–Crippen LogP) is 3.37. The van der Waals surface area contributed by atoms with Gasteiger partial charge in [0, 0.05) is 29.4 Å². The van der Waals surface area contributed by atoms with E-state index in [2.05, 4.69) is 15.2 Å². The third-order valence-corrected chi connectivity index (χ3v) is 3.90. The zero-order valence-corrected chi connectivity index (χ0v) is 13.8. The number of nitrogens with one attached hydrogen (secondary N) is 1. The van der Waals surface area contributed by atoms with Crippen molar-refractivity contribution in [1.82, 2.24) is 9.78 Å². The lowest BCUT2D eigenvalue weighted by Gasteiger charge is -2.12. The van der Waals surface area contributed by atoms with Crippen LogP contribution in [0.15, 0.2) is 24.4 Å². The van der Waals surface area contributed by atoms with E-state index in [1.54, 1.807) is 0 Å². The van der Waals surface area contributed by atoms with E-state index in [9.17, 15) is 27.5 Å². The zero-order valence-electron chi connectivity index (χ0n) is 15.8. The molecular formula is C17H17F4N3O3. The van der Waals surface area contributed by atoms with Crippen molar-refractivity contribution >= 4 is 11.6 Å². The second-order valence-electron chi connectivity index (χ2n) is 5.97. The fraction of sp³-hybridized carbons (Fsp3) is 0.412. The number of carbonyl (C=O) groups is 1. The normalized spacial score (nSPS) is 15.7. The van der Waals surface area contributed by atoms with Crippen LogP contribution < -0.4 is 10.1 Å². The summed E-state index contributed by atoms with van der Waals surface area (Å²) in [7, 11) is 0. The fourth-order valence-corrected chi connectivity index (χ4v) is 2.59. The van der Waals surface area contributed by atoms with Gasteiger partial charge in [0.05, 0.1) is 20.6 Å². The Hall–Kier alpha value is -2.62. The lowest BCUT2D eigenvalue weighted by Crippen LogP contribution is -2.14. The molecule has 10 heteroatoms. The number of hydrogen-bond donors (Lipinski definition) is 2. The molecule has 1 aromatic carbocycles. The molecule has 1 aliphatic rings. The van der Waals surface area contributed by atoms with Crippen LogP contribution in [0.5, 0.6) is 5.75 Å². The van der Waals surface area contributed by atoms with E-state index in [1.807, 2.05) is 0 Å². The maximum Gasteiger partial charge on any atom is 0.387 e. The van der Waals surface area contributed by atoms with E-state index in [0.29, 0.717) is 5.69 Å². The van der Waals surface area contributed by atoms with Gasteiger partial charge >= 0.3 is 6.61 Å². The first-order chi connectivity index (χ1) is 13.5. The standard InChI is InChI=1S/C17H17F4N3O3/c18-14(19)7-24-6-12(15(23-24)9-1-2-9)16(26)22-11-4-3-10(8-25)13(5-11)27-17(20)21/h3-6,9,14,17,25H,1-2,7-8H2,(H,22,26)/i8D2. The van der Waals surface area contributed by atoms with Crippen LogP contribution in [0.25, 0.3) is 0 Å². The molecule has 0 aliphatic heterocycles. The maximum absolute atomic E-state index is 12.6. The van der Waals surface area contributed by atoms with Gasteiger partial charge in [0.15, 0.2) is 0 Å². The highest BCUT2D eigenvalue weighted by molar-refractivity contribution is 6.05. The molecule has 1 aliphatic carbocycles. The highest BCUT2D eigenvalue weighted by Gasteiger charge is 2.32. The Morgan fingerprint density at radius 2 is 2.15 bits per heavy atom. The molecule has 1 heterocycles. The first-order valence-corrected chi connectivity index (χ1v) is 8.03. The monoisotopic (exact) mass is 389 g/mol. The molecule has 0 atom stereocenters. The molecule has 146 valence electrons. The Labute approximate surface area is 154 Å². The topological polar surface area (TPSA) is 76.4 Å². The van der Waals surface area contributed by atoms with Gasteiger partial charge in [-0.2, -0.15) is 13.9 Å². The number of benzene rings is 1. The number of halogens is 4. The van der Waals surface area contributed by atoms with Gasteiger partial charge < -0.3 is 15.2 Å². The Kier molecular flexibility index (Phi) is 4.87. The second kappa shape index (κ2) is 7.95. The predicted molar refractivity (Wildman–Crippen MR) is 87.2 cm³/mol. The van der Waals surface area contributed by atoms with Gasteiger partial charge in [-0.3, -0.25) is 9.48 Å². The van der Waals surface area contributed by atoms with Crippen molar-refractivity contribution in [2.45, 2.75) is 44.9 Å². The molecule has 27 heavy (non-hydrogen) atoms. The molecule has 1 aromatic heterocycles. The smallest absolute Gasteiger partial charge is 0.387 e. The molecule has 0 unspecified atom stereocenters. The molecule has 2 N–H and O–H groups in total. The average molecular weight is 389 g/mol. The summed E-state index contributed by atoms with van der Waals surface area (Å²) in [6.07, 6.45) is 0.108. The Balaban J connectivity index is 1.86. The number of nitrogens with zero attached hydrogens (tertiary/aromatic N) is 2. The van der Waals surface area contributed by atoms with Gasteiger partial charge in [0.1, 0.15) is 12.3 Å². The van der Waals surface area contributed by atoms with Crippen LogP contribution >= 0.6 is 0 Å². The van der Waals surface area contributed by atoms with Gasteiger partial charge in [-0.15, -0.1) is 0 Å². The SMILES string of the molecule is [2H]C([2H])(O)c1ccc(NC(=O)c2cn(CC(F)F)nc2C2CC2)cc1OC(F)F. The van der Waals surface area contributed by atoms with Crippen molar-refractivity contribution in [3.05, 3.63) is 41.2 Å². The number of aromatic nitrogens is 2. The van der Waals surface area contributed by atoms with Crippen LogP contribution in [0, 0.1) is 0 Å². The highest BCUT2D eigenvalue weighted by atomic mass is 19.3. The number of ether oxygens (including phenoxy) is 1. The van der Waals surface area contributed by atoms with Gasteiger partial charge in [-0.25, -0.2) is 8.78 Å². The quantitative estimate of drug-likeness (QED) is 0.679. The number of alkyl halides is 4. The maximum atomic E-state index is 12.6. The van der Waals surface area contributed by atoms with Gasteiger partial charge in [0.25, 0.3) is 12.3 Å². The first-order valence-electron chi connectivity index (χ1n) is 9.03. The van der Waals surface area contributed by atoms with Crippen molar-refractivity contribution in [2.24, 2.45) is 0 Å². The number of aliphatic hydroxyl groups is 1. The van der Waals surface area contributed by atoms with E-state index in [0.717, 1.165) is 29.7 Å². The summed E-state index contributed by atoms with van der Waals surface area (Å²) >= 11 is 0. The van der Waals surface area contributed by atoms with Crippen LogP contribution in [0.2, 0.25) is 0 Å². The third kappa shape index (κ3) is 4.76. The number of amides is 1. The molecule has 2 aromatic rings. The Morgan fingerprint density at radius 1 is 1.41 bits per heavy atom. The minimum absolute atomic E-state index is 0.00332. The lowest BCUT2D eigenvalue weighted by atomic mass is 10.1. The Morgan fingerprint density at radius 3 is 2.74 bits per heavy atom. The second-order valence-corrected chi connectivity index (χ2v) is 5.97. The number of carbonyl (C=O) groups excluding carboxylic acids is 1. The van der Waals surface area contributed by atoms with E-state index in [4.69, 9.17) is 2.74 Å². The summed E-state index contributed by atoms with van der Waals surface area (Å²) in [6, 6.07) is 3.13. The molecule has 3 rings (SSSR count). The van der Waals surface area contributed by atoms with Gasteiger partial charge in [0.2, 0.25) is 0 Å². The molecule has 0 saturated heterocycles. The van der Waals surface area contributed by atoms with Crippen LogP contribution in [0.4, 0.5) is 23.2 Å². The third-order valence-electron chi connectivity index (χ3n) is 3.90. The molecule has 0 radical (unpaired) electrons. The molecule has 1 amide bonds. The van der Waals surface area contributed by atoms with E-state index in [-0.39, 0.29) is 17.2 Å². The fourth-order valence-electron chi connectivity index (χ4n) is 2.59. The molecule has 1 fully saturated rings. The highest BCUT2D eigenvalue weighted by Crippen LogP contribution is 2.41. The summed E-state index contributed by atoms with van der Waals surface area (Å²) in [4.78, 5) is 12.6. The van der Waals surface area contributed by atoms with E-state index >= 15 is 0 Å². The summed E-state index contributed by atoms with van der Waals surface area (Å²) in [5.41, 5.74) is -0.0808. The molecule has 6 nitrogen and oxygen atoms in total. The number of rotatable bonds is 8. The summed E-state index contributed by atoms with van der Waals surface area (Å²) in [6.45, 7) is -6.89. The van der Waals surface area contributed by atoms with Gasteiger partial charge in [-0.05, 0) is 18.9 Å². The lowest BCUT2D eigenvalue weighted by molar-refractivity contribution is -0.0508. The number of hydrogen-bond acceptors (Lipinski definition) is 4. The van der Waals surface area contributed by atoms with E-state index in [1.165, 1.54) is 12.3 Å². The van der Waals surface area contributed by atoms with Crippen molar-refractivity contribution < 1.29 is 34.9 Å². The van der Waals surface area contributed by atoms with Crippen LogP contribution in [0.3, 0.4) is 0 Å². The van der Waals surface area contributed by atoms with Crippen LogP contribution in [0.1, 0.15) is 43.1 Å². The summed E-state index contributed by atoms with van der Waals surface area (Å²) in [5, 5.41) is 15.9. The summed E-state index contributed by atoms with van der Waals surface area (Å²) < 4.78 is 70.3. The number of anilines is 1. The van der Waals surface area contributed by atoms with Crippen molar-refractivity contribution in [3.63, 3.8) is 0 Å². The molecule has 1 saturated carbocycles. The molecule has 0 bridgehead atoms. The van der Waals surface area contributed by atoms with Gasteiger partial charge in [-0.1, -0.05) is 6.07 Å². The van der Waals surface area contributed by atoms with Crippen molar-refractivity contribution in [3.8, 4) is 5.75 Å². The van der Waals surface area contributed by atoms with Crippen molar-refractivity contribution in [2.75, 3.05) is 5.32 Å². The minimum atomic E-state index is -3.28. The first kappa shape index (κ1) is 16.5. The molecule has 0 spiro atoms. The van der Waals surface area contributed by atoms with Crippen LogP contribution in [-0.2, 0) is 13.1 Å². The average Bonchev–Trinajstić information content (AvgIpc) is 3.33. The van der Waals surface area contributed by atoms with E-state index < -0.39 is 43.4 Å². The van der Waals surface area contributed by atoms with Crippen LogP contribution in [-0.4, -0.2) is 33.8 Å². The molecular weight excluding hydrogens is 370 g/mol. The Bertz CT molecular complexity index is 899. The summed E-state index contributed by atoms with van der Waals surface area (Å²) in [5.74, 6) is -1.34. The largest absolute Gasteiger partial charge is 0.434 e. The van der Waals surface area contributed by atoms with Crippen molar-refractivity contribution in [1.29, 1.82) is 0 Å².